The molecule has 1 saturated heterocycles. The molecule has 3 rings (SSSR count). The Morgan fingerprint density at radius 3 is 2.83 bits per heavy atom. The first-order valence-electron chi connectivity index (χ1n) is 5.88. The van der Waals surface area contributed by atoms with Crippen LogP contribution >= 0.6 is 11.3 Å². The summed E-state index contributed by atoms with van der Waals surface area (Å²) in [6.45, 7) is 0.922. The Morgan fingerprint density at radius 1 is 1.39 bits per heavy atom. The number of benzene rings is 1. The standard InChI is InChI=1S/C13H13N3OS/c17-12(10-6-7-14-10)16-13-15-11(8-18-13)9-4-2-1-3-5-9/h1-5,8,10,14H,6-7H2,(H,15,16,17)/t10-/m0/s1. The molecule has 5 heteroatoms. The van der Waals surface area contributed by atoms with Gasteiger partial charge in [0.2, 0.25) is 5.91 Å². The Labute approximate surface area is 109 Å². The number of carbonyl (C=O) groups is 1. The summed E-state index contributed by atoms with van der Waals surface area (Å²) in [6, 6.07) is 9.90. The zero-order chi connectivity index (χ0) is 12.4. The van der Waals surface area contributed by atoms with Crippen LogP contribution in [0.2, 0.25) is 0 Å². The Kier molecular flexibility index (Phi) is 3.08. The number of hydrogen-bond acceptors (Lipinski definition) is 4. The van der Waals surface area contributed by atoms with Crippen LogP contribution in [0.15, 0.2) is 35.7 Å². The molecule has 1 atom stereocenters. The number of hydrogen-bond donors (Lipinski definition) is 2. The van der Waals surface area contributed by atoms with Crippen molar-refractivity contribution in [2.75, 3.05) is 11.9 Å². The molecule has 2 aromatic rings. The zero-order valence-corrected chi connectivity index (χ0v) is 10.5. The summed E-state index contributed by atoms with van der Waals surface area (Å²) in [7, 11) is 0. The third-order valence-corrected chi connectivity index (χ3v) is 3.70. The number of thiazole rings is 1. The summed E-state index contributed by atoms with van der Waals surface area (Å²) in [4.78, 5) is 16.2. The number of anilines is 1. The average molecular weight is 259 g/mol. The van der Waals surface area contributed by atoms with Crippen molar-refractivity contribution in [3.8, 4) is 11.3 Å². The predicted octanol–water partition coefficient (Wildman–Crippen LogP) is 2.11. The van der Waals surface area contributed by atoms with Gasteiger partial charge >= 0.3 is 0 Å². The molecular weight excluding hydrogens is 246 g/mol. The number of amides is 1. The van der Waals surface area contributed by atoms with Gasteiger partial charge in [0, 0.05) is 10.9 Å². The smallest absolute Gasteiger partial charge is 0.243 e. The van der Waals surface area contributed by atoms with Crippen molar-refractivity contribution in [1.82, 2.24) is 10.3 Å². The van der Waals surface area contributed by atoms with Gasteiger partial charge in [0.25, 0.3) is 0 Å². The minimum atomic E-state index is -0.0472. The molecule has 2 heterocycles. The fraction of sp³-hybridized carbons (Fsp3) is 0.231. The van der Waals surface area contributed by atoms with E-state index in [1.807, 2.05) is 35.7 Å². The fourth-order valence-electron chi connectivity index (χ4n) is 1.78. The van der Waals surface area contributed by atoms with Gasteiger partial charge in [0.1, 0.15) is 0 Å². The van der Waals surface area contributed by atoms with Gasteiger partial charge in [0.15, 0.2) is 5.13 Å². The van der Waals surface area contributed by atoms with Crippen LogP contribution in [0.3, 0.4) is 0 Å². The van der Waals surface area contributed by atoms with Crippen LogP contribution < -0.4 is 10.6 Å². The van der Waals surface area contributed by atoms with Crippen LogP contribution in [0.25, 0.3) is 11.3 Å². The largest absolute Gasteiger partial charge is 0.306 e. The second-order valence-electron chi connectivity index (χ2n) is 4.19. The summed E-state index contributed by atoms with van der Waals surface area (Å²) in [5.41, 5.74) is 1.97. The average Bonchev–Trinajstić information content (AvgIpc) is 2.76. The van der Waals surface area contributed by atoms with Crippen molar-refractivity contribution in [3.05, 3.63) is 35.7 Å². The summed E-state index contributed by atoms with van der Waals surface area (Å²) >= 11 is 1.45. The maximum atomic E-state index is 11.7. The number of aromatic nitrogens is 1. The first-order chi connectivity index (χ1) is 8.83. The molecular formula is C13H13N3OS. The van der Waals surface area contributed by atoms with E-state index in [-0.39, 0.29) is 11.9 Å². The molecule has 1 aromatic heterocycles. The highest BCUT2D eigenvalue weighted by Gasteiger charge is 2.24. The molecule has 4 nitrogen and oxygen atoms in total. The lowest BCUT2D eigenvalue weighted by molar-refractivity contribution is -0.119. The quantitative estimate of drug-likeness (QED) is 0.887. The molecule has 0 bridgehead atoms. The van der Waals surface area contributed by atoms with E-state index >= 15 is 0 Å². The highest BCUT2D eigenvalue weighted by Crippen LogP contribution is 2.24. The molecule has 2 N–H and O–H groups in total. The summed E-state index contributed by atoms with van der Waals surface area (Å²) < 4.78 is 0. The van der Waals surface area contributed by atoms with Gasteiger partial charge in [-0.1, -0.05) is 30.3 Å². The van der Waals surface area contributed by atoms with E-state index in [0.29, 0.717) is 5.13 Å². The topological polar surface area (TPSA) is 54.0 Å². The molecule has 1 amide bonds. The van der Waals surface area contributed by atoms with E-state index < -0.39 is 0 Å². The molecule has 0 spiro atoms. The van der Waals surface area contributed by atoms with E-state index in [1.54, 1.807) is 0 Å². The van der Waals surface area contributed by atoms with Crippen LogP contribution in [0.4, 0.5) is 5.13 Å². The van der Waals surface area contributed by atoms with Crippen LogP contribution in [-0.4, -0.2) is 23.5 Å². The molecule has 0 unspecified atom stereocenters. The van der Waals surface area contributed by atoms with Gasteiger partial charge in [-0.25, -0.2) is 4.98 Å². The lowest BCUT2D eigenvalue weighted by atomic mass is 10.1. The van der Waals surface area contributed by atoms with Crippen LogP contribution in [0.1, 0.15) is 6.42 Å². The molecule has 0 saturated carbocycles. The van der Waals surface area contributed by atoms with Gasteiger partial charge in [-0.15, -0.1) is 11.3 Å². The van der Waals surface area contributed by atoms with Crippen molar-refractivity contribution in [3.63, 3.8) is 0 Å². The van der Waals surface area contributed by atoms with Gasteiger partial charge in [-0.3, -0.25) is 4.79 Å². The monoisotopic (exact) mass is 259 g/mol. The minimum absolute atomic E-state index is 0.00946. The van der Waals surface area contributed by atoms with Gasteiger partial charge in [-0.05, 0) is 13.0 Å². The van der Waals surface area contributed by atoms with Crippen LogP contribution in [-0.2, 0) is 4.79 Å². The summed E-state index contributed by atoms with van der Waals surface area (Å²) in [5, 5.41) is 8.53. The lowest BCUT2D eigenvalue weighted by Crippen LogP contribution is -2.50. The summed E-state index contributed by atoms with van der Waals surface area (Å²) in [6.07, 6.45) is 0.906. The van der Waals surface area contributed by atoms with E-state index in [2.05, 4.69) is 15.6 Å². The SMILES string of the molecule is O=C(Nc1nc(-c2ccccc2)cs1)[C@@H]1CCN1. The van der Waals surface area contributed by atoms with E-state index in [4.69, 9.17) is 0 Å². The van der Waals surface area contributed by atoms with E-state index in [1.165, 1.54) is 11.3 Å². The van der Waals surface area contributed by atoms with Crippen molar-refractivity contribution in [2.45, 2.75) is 12.5 Å². The van der Waals surface area contributed by atoms with Gasteiger partial charge in [-0.2, -0.15) is 0 Å². The third-order valence-electron chi connectivity index (χ3n) is 2.94. The Hall–Kier alpha value is -1.72. The van der Waals surface area contributed by atoms with Crippen molar-refractivity contribution in [1.29, 1.82) is 0 Å². The van der Waals surface area contributed by atoms with Crippen LogP contribution in [0, 0.1) is 0 Å². The molecule has 1 aliphatic rings. The predicted molar refractivity (Wildman–Crippen MR) is 72.6 cm³/mol. The molecule has 1 aromatic carbocycles. The zero-order valence-electron chi connectivity index (χ0n) is 9.72. The maximum absolute atomic E-state index is 11.7. The van der Waals surface area contributed by atoms with E-state index in [9.17, 15) is 4.79 Å². The normalized spacial score (nSPS) is 18.1. The molecule has 18 heavy (non-hydrogen) atoms. The second kappa shape index (κ2) is 4.88. The molecule has 1 aliphatic heterocycles. The first-order valence-corrected chi connectivity index (χ1v) is 6.76. The molecule has 1 fully saturated rings. The maximum Gasteiger partial charge on any atom is 0.243 e. The number of nitrogens with one attached hydrogen (secondary N) is 2. The highest BCUT2D eigenvalue weighted by molar-refractivity contribution is 7.14. The molecule has 92 valence electrons. The summed E-state index contributed by atoms with van der Waals surface area (Å²) in [5.74, 6) is 0.00946. The third kappa shape index (κ3) is 2.27. The number of rotatable bonds is 3. The Morgan fingerprint density at radius 2 is 2.17 bits per heavy atom. The van der Waals surface area contributed by atoms with Gasteiger partial charge in [0.05, 0.1) is 11.7 Å². The first kappa shape index (κ1) is 11.4. The second-order valence-corrected chi connectivity index (χ2v) is 5.05. The van der Waals surface area contributed by atoms with E-state index in [0.717, 1.165) is 24.2 Å². The van der Waals surface area contributed by atoms with Crippen molar-refractivity contribution >= 4 is 22.4 Å². The Bertz CT molecular complexity index is 548. The highest BCUT2D eigenvalue weighted by atomic mass is 32.1. The molecule has 0 aliphatic carbocycles. The van der Waals surface area contributed by atoms with Crippen molar-refractivity contribution in [2.24, 2.45) is 0 Å². The minimum Gasteiger partial charge on any atom is -0.306 e. The van der Waals surface area contributed by atoms with Gasteiger partial charge < -0.3 is 10.6 Å². The molecule has 0 radical (unpaired) electrons. The number of carbonyl (C=O) groups excluding carboxylic acids is 1. The Balaban J connectivity index is 1.71. The van der Waals surface area contributed by atoms with Crippen LogP contribution in [0.5, 0.6) is 0 Å². The lowest BCUT2D eigenvalue weighted by Gasteiger charge is -2.25. The van der Waals surface area contributed by atoms with Crippen molar-refractivity contribution < 1.29 is 4.79 Å². The fourth-order valence-corrected chi connectivity index (χ4v) is 2.50. The number of nitrogens with zero attached hydrogens (tertiary/aromatic N) is 1.